The molecule has 2 rings (SSSR count). The largest absolute Gasteiger partial charge is 0.481 e. The Morgan fingerprint density at radius 3 is 2.48 bits per heavy atom. The van der Waals surface area contributed by atoms with Crippen molar-refractivity contribution >= 4 is 17.8 Å². The summed E-state index contributed by atoms with van der Waals surface area (Å²) in [5, 5.41) is 15.0. The van der Waals surface area contributed by atoms with Gasteiger partial charge >= 0.3 is 5.97 Å². The Hall–Kier alpha value is -1.59. The van der Waals surface area contributed by atoms with Crippen molar-refractivity contribution in [2.45, 2.75) is 58.5 Å². The summed E-state index contributed by atoms with van der Waals surface area (Å²) in [4.78, 5) is 34.7. The van der Waals surface area contributed by atoms with Crippen molar-refractivity contribution in [3.8, 4) is 0 Å². The first kappa shape index (κ1) is 15.8. The van der Waals surface area contributed by atoms with Gasteiger partial charge in [-0.3, -0.25) is 14.4 Å². The van der Waals surface area contributed by atoms with Gasteiger partial charge in [-0.1, -0.05) is 20.8 Å². The highest BCUT2D eigenvalue weighted by molar-refractivity contribution is 5.90. The van der Waals surface area contributed by atoms with Crippen molar-refractivity contribution in [2.24, 2.45) is 17.3 Å². The van der Waals surface area contributed by atoms with Crippen LogP contribution in [0.1, 0.15) is 46.5 Å². The molecule has 0 aromatic carbocycles. The Bertz CT molecular complexity index is 461. The van der Waals surface area contributed by atoms with Crippen molar-refractivity contribution in [3.05, 3.63) is 0 Å². The highest BCUT2D eigenvalue weighted by atomic mass is 16.4. The SMILES string of the molecule is CC1C(NC(=O)[C@H]2CCC(=O)N2)CCC(C(=O)O)C1(C)C. The van der Waals surface area contributed by atoms with E-state index in [9.17, 15) is 19.5 Å². The van der Waals surface area contributed by atoms with Gasteiger partial charge in [-0.15, -0.1) is 0 Å². The molecule has 21 heavy (non-hydrogen) atoms. The van der Waals surface area contributed by atoms with E-state index in [1.54, 1.807) is 0 Å². The Morgan fingerprint density at radius 1 is 1.29 bits per heavy atom. The van der Waals surface area contributed by atoms with Gasteiger partial charge < -0.3 is 15.7 Å². The second-order valence-corrected chi connectivity index (χ2v) is 6.85. The van der Waals surface area contributed by atoms with Crippen LogP contribution < -0.4 is 10.6 Å². The summed E-state index contributed by atoms with van der Waals surface area (Å²) >= 11 is 0. The number of hydrogen-bond acceptors (Lipinski definition) is 3. The van der Waals surface area contributed by atoms with Gasteiger partial charge in [0.05, 0.1) is 5.92 Å². The summed E-state index contributed by atoms with van der Waals surface area (Å²) in [6.07, 6.45) is 2.15. The number of nitrogens with one attached hydrogen (secondary N) is 2. The second-order valence-electron chi connectivity index (χ2n) is 6.85. The van der Waals surface area contributed by atoms with E-state index in [0.717, 1.165) is 0 Å². The van der Waals surface area contributed by atoms with E-state index in [4.69, 9.17) is 0 Å². The quantitative estimate of drug-likeness (QED) is 0.721. The standard InChI is InChI=1S/C15H24N2O4/c1-8-10(5-4-9(14(20)21)15(8,2)3)17-13(19)11-6-7-12(18)16-11/h8-11H,4-7H2,1-3H3,(H,16,18)(H,17,19)(H,20,21)/t8?,9?,10?,11-/m1/s1. The first-order valence-corrected chi connectivity index (χ1v) is 7.56. The summed E-state index contributed by atoms with van der Waals surface area (Å²) < 4.78 is 0. The van der Waals surface area contributed by atoms with E-state index in [0.29, 0.717) is 25.7 Å². The molecular weight excluding hydrogens is 272 g/mol. The average Bonchev–Trinajstić information content (AvgIpc) is 2.81. The highest BCUT2D eigenvalue weighted by Gasteiger charge is 2.47. The molecule has 1 heterocycles. The first-order chi connectivity index (χ1) is 9.73. The van der Waals surface area contributed by atoms with Crippen LogP contribution >= 0.6 is 0 Å². The van der Waals surface area contributed by atoms with E-state index in [-0.39, 0.29) is 35.1 Å². The van der Waals surface area contributed by atoms with Crippen molar-refractivity contribution < 1.29 is 19.5 Å². The molecule has 2 fully saturated rings. The second kappa shape index (κ2) is 5.66. The number of carbonyl (C=O) groups is 3. The van der Waals surface area contributed by atoms with E-state index in [1.807, 2.05) is 20.8 Å². The molecule has 1 aliphatic heterocycles. The molecule has 6 nitrogen and oxygen atoms in total. The van der Waals surface area contributed by atoms with Gasteiger partial charge in [-0.25, -0.2) is 0 Å². The average molecular weight is 296 g/mol. The molecule has 3 unspecified atom stereocenters. The molecule has 1 aliphatic carbocycles. The van der Waals surface area contributed by atoms with Gasteiger partial charge in [0, 0.05) is 12.5 Å². The lowest BCUT2D eigenvalue weighted by atomic mass is 9.61. The molecule has 0 bridgehead atoms. The topological polar surface area (TPSA) is 95.5 Å². The molecule has 2 amide bonds. The Kier molecular flexibility index (Phi) is 4.25. The van der Waals surface area contributed by atoms with E-state index in [2.05, 4.69) is 10.6 Å². The van der Waals surface area contributed by atoms with E-state index < -0.39 is 12.0 Å². The fourth-order valence-electron chi connectivity index (χ4n) is 3.54. The minimum atomic E-state index is -0.764. The summed E-state index contributed by atoms with van der Waals surface area (Å²) in [5.41, 5.74) is -0.374. The molecule has 0 radical (unpaired) electrons. The monoisotopic (exact) mass is 296 g/mol. The van der Waals surface area contributed by atoms with Crippen molar-refractivity contribution in [1.29, 1.82) is 0 Å². The number of hydrogen-bond donors (Lipinski definition) is 3. The summed E-state index contributed by atoms with van der Waals surface area (Å²) in [5.74, 6) is -1.32. The molecule has 0 aromatic rings. The van der Waals surface area contributed by atoms with Crippen LogP contribution in [0.4, 0.5) is 0 Å². The maximum Gasteiger partial charge on any atom is 0.307 e. The minimum Gasteiger partial charge on any atom is -0.481 e. The van der Waals surface area contributed by atoms with Crippen LogP contribution in [0, 0.1) is 17.3 Å². The third kappa shape index (κ3) is 3.04. The number of aliphatic carboxylic acids is 1. The number of carbonyl (C=O) groups excluding carboxylic acids is 2. The van der Waals surface area contributed by atoms with Crippen LogP contribution in [-0.4, -0.2) is 35.0 Å². The summed E-state index contributed by atoms with van der Waals surface area (Å²) in [6, 6.07) is -0.481. The maximum absolute atomic E-state index is 12.2. The molecule has 3 N–H and O–H groups in total. The van der Waals surface area contributed by atoms with Gasteiger partial charge in [-0.05, 0) is 30.6 Å². The van der Waals surface area contributed by atoms with Crippen LogP contribution in [0.25, 0.3) is 0 Å². The zero-order valence-electron chi connectivity index (χ0n) is 12.8. The Balaban J connectivity index is 2.00. The molecule has 2 aliphatic rings. The normalized spacial score (nSPS) is 35.1. The number of carboxylic acid groups (broad SMARTS) is 1. The Labute approximate surface area is 124 Å². The van der Waals surface area contributed by atoms with Gasteiger partial charge in [-0.2, -0.15) is 0 Å². The van der Waals surface area contributed by atoms with Crippen LogP contribution in [0.15, 0.2) is 0 Å². The maximum atomic E-state index is 12.2. The van der Waals surface area contributed by atoms with Crippen LogP contribution in [0.2, 0.25) is 0 Å². The fourth-order valence-corrected chi connectivity index (χ4v) is 3.54. The molecule has 0 spiro atoms. The van der Waals surface area contributed by atoms with E-state index >= 15 is 0 Å². The Morgan fingerprint density at radius 2 is 1.95 bits per heavy atom. The molecule has 4 atom stereocenters. The predicted octanol–water partition coefficient (Wildman–Crippen LogP) is 0.907. The summed E-state index contributed by atoms with van der Waals surface area (Å²) in [7, 11) is 0. The van der Waals surface area contributed by atoms with Crippen molar-refractivity contribution in [2.75, 3.05) is 0 Å². The third-order valence-electron chi connectivity index (χ3n) is 5.38. The number of rotatable bonds is 3. The van der Waals surface area contributed by atoms with Gasteiger partial charge in [0.25, 0.3) is 0 Å². The van der Waals surface area contributed by atoms with Gasteiger partial charge in [0.15, 0.2) is 0 Å². The van der Waals surface area contributed by atoms with E-state index in [1.165, 1.54) is 0 Å². The predicted molar refractivity (Wildman–Crippen MR) is 76.4 cm³/mol. The molecule has 6 heteroatoms. The van der Waals surface area contributed by atoms with Crippen LogP contribution in [-0.2, 0) is 14.4 Å². The van der Waals surface area contributed by atoms with Gasteiger partial charge in [0.2, 0.25) is 11.8 Å². The van der Waals surface area contributed by atoms with Crippen molar-refractivity contribution in [1.82, 2.24) is 10.6 Å². The number of carboxylic acids is 1. The third-order valence-corrected chi connectivity index (χ3v) is 5.38. The van der Waals surface area contributed by atoms with Gasteiger partial charge in [0.1, 0.15) is 6.04 Å². The van der Waals surface area contributed by atoms with Crippen LogP contribution in [0.5, 0.6) is 0 Å². The zero-order valence-corrected chi connectivity index (χ0v) is 12.8. The lowest BCUT2D eigenvalue weighted by molar-refractivity contribution is -0.150. The highest BCUT2D eigenvalue weighted by Crippen LogP contribution is 2.45. The first-order valence-electron chi connectivity index (χ1n) is 7.56. The molecule has 1 saturated heterocycles. The molecular formula is C15H24N2O4. The van der Waals surface area contributed by atoms with Crippen molar-refractivity contribution in [3.63, 3.8) is 0 Å². The summed E-state index contributed by atoms with van der Waals surface area (Å²) in [6.45, 7) is 5.89. The van der Waals surface area contributed by atoms with Crippen LogP contribution in [0.3, 0.4) is 0 Å². The molecule has 0 aromatic heterocycles. The molecule has 118 valence electrons. The minimum absolute atomic E-state index is 0.0411. The lowest BCUT2D eigenvalue weighted by Crippen LogP contribution is -2.55. The molecule has 1 saturated carbocycles. The number of amides is 2. The lowest BCUT2D eigenvalue weighted by Gasteiger charge is -2.46. The fraction of sp³-hybridized carbons (Fsp3) is 0.800. The zero-order chi connectivity index (χ0) is 15.8. The smallest absolute Gasteiger partial charge is 0.307 e.